The monoisotopic (exact) mass is 935 g/mol. The highest BCUT2D eigenvalue weighted by Crippen LogP contribution is 2.14. The molecule has 66 heavy (non-hydrogen) atoms. The third-order valence-electron chi connectivity index (χ3n) is 12.6. The lowest BCUT2D eigenvalue weighted by molar-refractivity contribution is -0.138. The van der Waals surface area contributed by atoms with Crippen LogP contribution >= 0.6 is 0 Å². The fourth-order valence-electron chi connectivity index (χ4n) is 8.41. The van der Waals surface area contributed by atoms with Crippen LogP contribution in [0.5, 0.6) is 0 Å². The van der Waals surface area contributed by atoms with E-state index in [1.807, 2.05) is 0 Å². The summed E-state index contributed by atoms with van der Waals surface area (Å²) in [6.07, 6.45) is 44.8. The summed E-state index contributed by atoms with van der Waals surface area (Å²) in [6, 6.07) is 0. The quantitative estimate of drug-likeness (QED) is 0.0325. The predicted molar refractivity (Wildman–Crippen MR) is 270 cm³/mol. The highest BCUT2D eigenvalue weighted by Gasteiger charge is 2.06. The maximum Gasteiger partial charge on any atom is 0.303 e. The lowest BCUT2D eigenvalue weighted by atomic mass is 10.1. The molecule has 0 saturated heterocycles. The fourth-order valence-corrected chi connectivity index (χ4v) is 8.41. The Hall–Kier alpha value is -3.18. The van der Waals surface area contributed by atoms with Crippen molar-refractivity contribution in [1.82, 2.24) is 21.3 Å². The number of rotatable bonds is 53. The standard InChI is InChI=1S/C54H102N4O8/c59-49(55-45-35-25-19-11-3-7-15-23-31-43-53(63)64)39-29-21-13-5-1-9-17-27-37-47-57-51(61)41-33-34-42-52(62)58-48-38-28-18-10-2-6-14-22-30-40-50(60)56-46-36-26-20-12-4-8-16-24-32-44-54(65)66/h1-48H2,(H,55,59)(H,56,60)(H,57,61)(H,58,62)(H,63,64)(H,65,66). The fraction of sp³-hybridized carbons (Fsp3) is 0.889. The molecule has 0 unspecified atom stereocenters. The van der Waals surface area contributed by atoms with E-state index < -0.39 is 11.9 Å². The molecule has 0 bridgehead atoms. The molecule has 0 aromatic heterocycles. The van der Waals surface area contributed by atoms with Crippen LogP contribution in [0.4, 0.5) is 0 Å². The zero-order valence-electron chi connectivity index (χ0n) is 42.3. The summed E-state index contributed by atoms with van der Waals surface area (Å²) < 4.78 is 0. The van der Waals surface area contributed by atoms with Gasteiger partial charge in [-0.2, -0.15) is 0 Å². The van der Waals surface area contributed by atoms with Crippen molar-refractivity contribution in [1.29, 1.82) is 0 Å². The third kappa shape index (κ3) is 53.4. The Morgan fingerprint density at radius 3 is 0.515 bits per heavy atom. The van der Waals surface area contributed by atoms with Crippen LogP contribution in [0.3, 0.4) is 0 Å². The summed E-state index contributed by atoms with van der Waals surface area (Å²) in [5.41, 5.74) is 0. The molecule has 4 amide bonds. The molecule has 0 rings (SSSR count). The van der Waals surface area contributed by atoms with Crippen molar-refractivity contribution in [2.45, 2.75) is 283 Å². The minimum absolute atomic E-state index is 0.0864. The first-order valence-corrected chi connectivity index (χ1v) is 27.7. The summed E-state index contributed by atoms with van der Waals surface area (Å²) in [5.74, 6) is -0.856. The molecule has 6 N–H and O–H groups in total. The van der Waals surface area contributed by atoms with Crippen molar-refractivity contribution in [3.63, 3.8) is 0 Å². The number of carbonyl (C=O) groups is 6. The summed E-state index contributed by atoms with van der Waals surface area (Å²) in [7, 11) is 0. The Balaban J connectivity index is 3.34. The van der Waals surface area contributed by atoms with E-state index in [1.165, 1.54) is 116 Å². The molecule has 0 aliphatic carbocycles. The van der Waals surface area contributed by atoms with Gasteiger partial charge < -0.3 is 31.5 Å². The SMILES string of the molecule is O=C(O)CCCCCCCCCCCNC(=O)CCCCCCCCCCCNC(=O)CCCCC(=O)NCCCCCCCCCCCC(=O)NCCCCCCCCCCCC(=O)O. The molecule has 0 aromatic rings. The highest BCUT2D eigenvalue weighted by molar-refractivity contribution is 5.77. The number of aliphatic carboxylic acids is 2. The molecule has 0 fully saturated rings. The van der Waals surface area contributed by atoms with Gasteiger partial charge >= 0.3 is 11.9 Å². The van der Waals surface area contributed by atoms with Gasteiger partial charge in [0, 0.05) is 64.7 Å². The van der Waals surface area contributed by atoms with Gasteiger partial charge in [-0.15, -0.1) is 0 Å². The number of hydrogen-bond acceptors (Lipinski definition) is 6. The van der Waals surface area contributed by atoms with Gasteiger partial charge in [0.05, 0.1) is 0 Å². The average molecular weight is 935 g/mol. The first-order chi connectivity index (χ1) is 32.2. The van der Waals surface area contributed by atoms with Crippen LogP contribution in [0, 0.1) is 0 Å². The van der Waals surface area contributed by atoms with Gasteiger partial charge in [0.15, 0.2) is 0 Å². The van der Waals surface area contributed by atoms with E-state index in [4.69, 9.17) is 10.2 Å². The number of hydrogen-bond donors (Lipinski definition) is 6. The number of carboxylic acid groups (broad SMARTS) is 2. The Labute approximate surface area is 403 Å². The van der Waals surface area contributed by atoms with Gasteiger partial charge in [-0.3, -0.25) is 28.8 Å². The molecule has 12 heteroatoms. The van der Waals surface area contributed by atoms with Gasteiger partial charge in [0.2, 0.25) is 23.6 Å². The van der Waals surface area contributed by atoms with Crippen LogP contribution in [0.1, 0.15) is 283 Å². The summed E-state index contributed by atoms with van der Waals surface area (Å²) >= 11 is 0. The van der Waals surface area contributed by atoms with Crippen molar-refractivity contribution < 1.29 is 39.0 Å². The van der Waals surface area contributed by atoms with E-state index in [0.29, 0.717) is 25.7 Å². The van der Waals surface area contributed by atoms with Crippen molar-refractivity contribution in [2.24, 2.45) is 0 Å². The first-order valence-electron chi connectivity index (χ1n) is 27.7. The second-order valence-corrected chi connectivity index (χ2v) is 19.1. The predicted octanol–water partition coefficient (Wildman–Crippen LogP) is 12.8. The summed E-state index contributed by atoms with van der Waals surface area (Å²) in [6.45, 7) is 3.02. The van der Waals surface area contributed by atoms with Crippen molar-refractivity contribution in [3.8, 4) is 0 Å². The topological polar surface area (TPSA) is 191 Å². The third-order valence-corrected chi connectivity index (χ3v) is 12.6. The molecule has 0 atom stereocenters. The number of carbonyl (C=O) groups excluding carboxylic acids is 4. The maximum absolute atomic E-state index is 12.2. The molecule has 0 aliphatic rings. The Morgan fingerprint density at radius 2 is 0.333 bits per heavy atom. The van der Waals surface area contributed by atoms with Gasteiger partial charge in [-0.1, -0.05) is 180 Å². The Morgan fingerprint density at radius 1 is 0.197 bits per heavy atom. The molecule has 0 spiro atoms. The molecule has 0 aliphatic heterocycles. The van der Waals surface area contributed by atoms with Gasteiger partial charge in [-0.25, -0.2) is 0 Å². The molecular formula is C54H102N4O8. The average Bonchev–Trinajstić information content (AvgIpc) is 3.29. The molecule has 0 saturated carbocycles. The smallest absolute Gasteiger partial charge is 0.303 e. The molecule has 0 aromatic carbocycles. The van der Waals surface area contributed by atoms with E-state index in [-0.39, 0.29) is 36.5 Å². The maximum atomic E-state index is 12.2. The molecule has 0 heterocycles. The number of carboxylic acids is 2. The second kappa shape index (κ2) is 51.2. The van der Waals surface area contributed by atoms with E-state index in [0.717, 1.165) is 155 Å². The van der Waals surface area contributed by atoms with E-state index in [2.05, 4.69) is 21.3 Å². The normalized spacial score (nSPS) is 11.1. The summed E-state index contributed by atoms with van der Waals surface area (Å²) in [4.78, 5) is 69.6. The van der Waals surface area contributed by atoms with Gasteiger partial charge in [-0.05, 0) is 64.2 Å². The molecule has 386 valence electrons. The van der Waals surface area contributed by atoms with Crippen molar-refractivity contribution in [2.75, 3.05) is 26.2 Å². The molecular weight excluding hydrogens is 833 g/mol. The number of amides is 4. The van der Waals surface area contributed by atoms with E-state index in [9.17, 15) is 28.8 Å². The molecule has 12 nitrogen and oxygen atoms in total. The van der Waals surface area contributed by atoms with Crippen LogP contribution in [0.2, 0.25) is 0 Å². The summed E-state index contributed by atoms with van der Waals surface area (Å²) in [5, 5.41) is 29.5. The lowest BCUT2D eigenvalue weighted by Gasteiger charge is -2.07. The van der Waals surface area contributed by atoms with Gasteiger partial charge in [0.1, 0.15) is 0 Å². The van der Waals surface area contributed by atoms with Crippen molar-refractivity contribution in [3.05, 3.63) is 0 Å². The van der Waals surface area contributed by atoms with Crippen LogP contribution in [0.25, 0.3) is 0 Å². The van der Waals surface area contributed by atoms with Gasteiger partial charge in [0.25, 0.3) is 0 Å². The van der Waals surface area contributed by atoms with E-state index >= 15 is 0 Å². The Kier molecular flexibility index (Phi) is 48.7. The zero-order chi connectivity index (χ0) is 48.2. The zero-order valence-corrected chi connectivity index (χ0v) is 42.3. The van der Waals surface area contributed by atoms with Crippen LogP contribution < -0.4 is 21.3 Å². The van der Waals surface area contributed by atoms with Crippen LogP contribution in [-0.4, -0.2) is 72.0 Å². The van der Waals surface area contributed by atoms with Crippen LogP contribution in [0.15, 0.2) is 0 Å². The Bertz CT molecular complexity index is 1080. The number of unbranched alkanes of at least 4 members (excludes halogenated alkanes) is 33. The minimum Gasteiger partial charge on any atom is -0.481 e. The minimum atomic E-state index is -0.696. The van der Waals surface area contributed by atoms with Crippen molar-refractivity contribution >= 4 is 35.6 Å². The molecule has 0 radical (unpaired) electrons. The largest absolute Gasteiger partial charge is 0.481 e. The lowest BCUT2D eigenvalue weighted by Crippen LogP contribution is -2.25. The second-order valence-electron chi connectivity index (χ2n) is 19.1. The van der Waals surface area contributed by atoms with Crippen LogP contribution in [-0.2, 0) is 28.8 Å². The number of nitrogens with one attached hydrogen (secondary N) is 4. The first kappa shape index (κ1) is 62.8. The van der Waals surface area contributed by atoms with E-state index in [1.54, 1.807) is 0 Å². The highest BCUT2D eigenvalue weighted by atomic mass is 16.4.